The van der Waals surface area contributed by atoms with Crippen LogP contribution in [-0.2, 0) is 10.4 Å². The summed E-state index contributed by atoms with van der Waals surface area (Å²) < 4.78 is 5.51. The van der Waals surface area contributed by atoms with Gasteiger partial charge in [-0.2, -0.15) is 0 Å². The van der Waals surface area contributed by atoms with E-state index in [1.807, 2.05) is 67.6 Å². The number of carbonyl (C=O) groups excluding carboxylic acids is 1. The Kier molecular flexibility index (Phi) is 5.24. The Morgan fingerprint density at radius 1 is 1.00 bits per heavy atom. The van der Waals surface area contributed by atoms with Crippen LogP contribution in [0.4, 0.5) is 0 Å². The van der Waals surface area contributed by atoms with Crippen molar-refractivity contribution < 1.29 is 14.3 Å². The van der Waals surface area contributed by atoms with E-state index in [0.717, 1.165) is 16.9 Å². The molecule has 1 heterocycles. The largest absolute Gasteiger partial charge is 0.463 e. The summed E-state index contributed by atoms with van der Waals surface area (Å²) in [6.45, 7) is 3.51. The summed E-state index contributed by atoms with van der Waals surface area (Å²) in [5.74, 6) is 0.557. The van der Waals surface area contributed by atoms with Crippen LogP contribution in [0.2, 0.25) is 0 Å². The molecule has 0 saturated carbocycles. The second-order valence-electron chi connectivity index (χ2n) is 6.66. The van der Waals surface area contributed by atoms with Crippen molar-refractivity contribution in [3.8, 4) is 0 Å². The molecule has 1 unspecified atom stereocenters. The van der Waals surface area contributed by atoms with E-state index < -0.39 is 11.5 Å². The Morgan fingerprint density at radius 2 is 1.54 bits per heavy atom. The minimum absolute atomic E-state index is 0.0644. The van der Waals surface area contributed by atoms with E-state index in [1.54, 1.807) is 19.1 Å². The van der Waals surface area contributed by atoms with Crippen LogP contribution >= 0.6 is 0 Å². The van der Waals surface area contributed by atoms with Crippen LogP contribution in [0.15, 0.2) is 77.2 Å². The van der Waals surface area contributed by atoms with Gasteiger partial charge in [0.25, 0.3) is 0 Å². The summed E-state index contributed by atoms with van der Waals surface area (Å²) in [5, 5.41) is 13.5. The molecule has 1 aromatic heterocycles. The number of carbonyl (C=O) groups is 1. The number of rotatable bonds is 6. The quantitative estimate of drug-likeness (QED) is 0.712. The van der Waals surface area contributed by atoms with Crippen LogP contribution < -0.4 is 5.32 Å². The molecule has 3 aromatic rings. The Labute approximate surface area is 153 Å². The zero-order chi connectivity index (χ0) is 18.6. The summed E-state index contributed by atoms with van der Waals surface area (Å²) >= 11 is 0. The summed E-state index contributed by atoms with van der Waals surface area (Å²) in [7, 11) is 0. The molecular weight excluding hydrogens is 326 g/mol. The highest BCUT2D eigenvalue weighted by Gasteiger charge is 2.30. The van der Waals surface area contributed by atoms with Crippen LogP contribution in [0.5, 0.6) is 0 Å². The standard InChI is InChI=1S/C22H23NO3/c1-16-13-14-19(26-16)22(2,25)15-23-21(24)20(17-9-5-3-6-10-17)18-11-7-4-8-12-18/h3-14,20,25H,15H2,1-2H3,(H,23,24). The van der Waals surface area contributed by atoms with Gasteiger partial charge in [-0.1, -0.05) is 60.7 Å². The van der Waals surface area contributed by atoms with Crippen LogP contribution in [0.3, 0.4) is 0 Å². The first-order valence-corrected chi connectivity index (χ1v) is 8.64. The van der Waals surface area contributed by atoms with Gasteiger partial charge in [0.05, 0.1) is 12.5 Å². The smallest absolute Gasteiger partial charge is 0.232 e. The topological polar surface area (TPSA) is 62.5 Å². The third kappa shape index (κ3) is 4.03. The van der Waals surface area contributed by atoms with Crippen molar-refractivity contribution >= 4 is 5.91 Å². The number of nitrogens with one attached hydrogen (secondary N) is 1. The lowest BCUT2D eigenvalue weighted by molar-refractivity contribution is -0.123. The van der Waals surface area contributed by atoms with Crippen molar-refractivity contribution in [3.05, 3.63) is 95.4 Å². The highest BCUT2D eigenvalue weighted by Crippen LogP contribution is 2.26. The molecule has 0 radical (unpaired) electrons. The van der Waals surface area contributed by atoms with E-state index in [4.69, 9.17) is 4.42 Å². The summed E-state index contributed by atoms with van der Waals surface area (Å²) in [6.07, 6.45) is 0. The predicted molar refractivity (Wildman–Crippen MR) is 101 cm³/mol. The molecule has 2 aromatic carbocycles. The van der Waals surface area contributed by atoms with Crippen LogP contribution in [0, 0.1) is 6.92 Å². The molecule has 0 aliphatic heterocycles. The molecule has 0 spiro atoms. The molecule has 26 heavy (non-hydrogen) atoms. The van der Waals surface area contributed by atoms with Crippen molar-refractivity contribution in [2.75, 3.05) is 6.54 Å². The molecule has 1 amide bonds. The molecule has 0 bridgehead atoms. The van der Waals surface area contributed by atoms with Gasteiger partial charge in [0.1, 0.15) is 17.1 Å². The molecule has 0 aliphatic carbocycles. The third-order valence-corrected chi connectivity index (χ3v) is 4.41. The molecule has 134 valence electrons. The van der Waals surface area contributed by atoms with Gasteiger partial charge in [0.2, 0.25) is 5.91 Å². The average Bonchev–Trinajstić information content (AvgIpc) is 3.10. The zero-order valence-corrected chi connectivity index (χ0v) is 15.0. The van der Waals surface area contributed by atoms with E-state index >= 15 is 0 Å². The highest BCUT2D eigenvalue weighted by molar-refractivity contribution is 5.87. The van der Waals surface area contributed by atoms with Gasteiger partial charge < -0.3 is 14.8 Å². The van der Waals surface area contributed by atoms with E-state index in [1.165, 1.54) is 0 Å². The average molecular weight is 349 g/mol. The molecule has 2 N–H and O–H groups in total. The summed E-state index contributed by atoms with van der Waals surface area (Å²) in [5.41, 5.74) is 0.538. The van der Waals surface area contributed by atoms with Crippen LogP contribution in [0.1, 0.15) is 35.5 Å². The van der Waals surface area contributed by atoms with Gasteiger partial charge in [-0.05, 0) is 37.1 Å². The van der Waals surface area contributed by atoms with E-state index in [0.29, 0.717) is 5.76 Å². The SMILES string of the molecule is Cc1ccc(C(C)(O)CNC(=O)C(c2ccccc2)c2ccccc2)o1. The van der Waals surface area contributed by atoms with Crippen molar-refractivity contribution in [1.82, 2.24) is 5.32 Å². The van der Waals surface area contributed by atoms with Crippen LogP contribution in [-0.4, -0.2) is 17.6 Å². The summed E-state index contributed by atoms with van der Waals surface area (Å²) in [4.78, 5) is 13.0. The molecule has 0 saturated heterocycles. The Balaban J connectivity index is 1.80. The molecule has 3 rings (SSSR count). The number of hydrogen-bond acceptors (Lipinski definition) is 3. The van der Waals surface area contributed by atoms with Gasteiger partial charge in [0.15, 0.2) is 0 Å². The lowest BCUT2D eigenvalue weighted by atomic mass is 9.90. The number of amides is 1. The number of benzene rings is 2. The van der Waals surface area contributed by atoms with Crippen molar-refractivity contribution in [2.45, 2.75) is 25.4 Å². The maximum atomic E-state index is 13.0. The Bertz CT molecular complexity index is 814. The fourth-order valence-corrected chi connectivity index (χ4v) is 2.96. The monoisotopic (exact) mass is 349 g/mol. The Morgan fingerprint density at radius 3 is 2.00 bits per heavy atom. The number of hydrogen-bond donors (Lipinski definition) is 2. The van der Waals surface area contributed by atoms with Gasteiger partial charge in [-0.25, -0.2) is 0 Å². The van der Waals surface area contributed by atoms with Crippen molar-refractivity contribution in [3.63, 3.8) is 0 Å². The summed E-state index contributed by atoms with van der Waals surface area (Å²) in [6, 6.07) is 22.8. The van der Waals surface area contributed by atoms with Gasteiger partial charge in [-0.15, -0.1) is 0 Å². The number of furan rings is 1. The second-order valence-corrected chi connectivity index (χ2v) is 6.66. The number of aliphatic hydroxyl groups is 1. The predicted octanol–water partition coefficient (Wildman–Crippen LogP) is 3.74. The first kappa shape index (κ1) is 18.0. The molecule has 1 atom stereocenters. The molecule has 0 fully saturated rings. The first-order chi connectivity index (χ1) is 12.5. The fraction of sp³-hybridized carbons (Fsp3) is 0.227. The van der Waals surface area contributed by atoms with Crippen molar-refractivity contribution in [1.29, 1.82) is 0 Å². The molecule has 4 heteroatoms. The van der Waals surface area contributed by atoms with Crippen molar-refractivity contribution in [2.24, 2.45) is 0 Å². The minimum Gasteiger partial charge on any atom is -0.463 e. The van der Waals surface area contributed by atoms with Gasteiger partial charge in [0, 0.05) is 0 Å². The van der Waals surface area contributed by atoms with Gasteiger partial charge >= 0.3 is 0 Å². The second kappa shape index (κ2) is 7.58. The fourth-order valence-electron chi connectivity index (χ4n) is 2.96. The van der Waals surface area contributed by atoms with Gasteiger partial charge in [-0.3, -0.25) is 4.79 Å². The van der Waals surface area contributed by atoms with E-state index in [9.17, 15) is 9.90 Å². The maximum Gasteiger partial charge on any atom is 0.232 e. The third-order valence-electron chi connectivity index (χ3n) is 4.41. The van der Waals surface area contributed by atoms with Crippen LogP contribution in [0.25, 0.3) is 0 Å². The highest BCUT2D eigenvalue weighted by atomic mass is 16.4. The Hall–Kier alpha value is -2.85. The molecule has 4 nitrogen and oxygen atoms in total. The maximum absolute atomic E-state index is 13.0. The lowest BCUT2D eigenvalue weighted by Crippen LogP contribution is -2.40. The first-order valence-electron chi connectivity index (χ1n) is 8.64. The number of aryl methyl sites for hydroxylation is 1. The normalized spacial score (nSPS) is 13.4. The molecule has 0 aliphatic rings. The van der Waals surface area contributed by atoms with E-state index in [-0.39, 0.29) is 12.5 Å². The lowest BCUT2D eigenvalue weighted by Gasteiger charge is -2.24. The van der Waals surface area contributed by atoms with E-state index in [2.05, 4.69) is 5.32 Å². The zero-order valence-electron chi connectivity index (χ0n) is 15.0. The minimum atomic E-state index is -1.28. The molecular formula is C22H23NO3.